The van der Waals surface area contributed by atoms with Crippen molar-refractivity contribution < 1.29 is 9.53 Å². The second kappa shape index (κ2) is 4.54. The van der Waals surface area contributed by atoms with Crippen LogP contribution < -0.4 is 5.73 Å². The molecule has 0 unspecified atom stereocenters. The molecule has 6 heteroatoms. The molecule has 3 rings (SSSR count). The van der Waals surface area contributed by atoms with E-state index in [1.807, 2.05) is 28.8 Å². The molecule has 0 saturated carbocycles. The Kier molecular flexibility index (Phi) is 2.84. The highest BCUT2D eigenvalue weighted by molar-refractivity contribution is 7.21. The summed E-state index contributed by atoms with van der Waals surface area (Å²) >= 11 is 1.21. The van der Waals surface area contributed by atoms with Gasteiger partial charge in [-0.2, -0.15) is 5.26 Å². The number of nitrogen functional groups attached to an aromatic ring is 1. The van der Waals surface area contributed by atoms with E-state index in [0.29, 0.717) is 28.3 Å². The van der Waals surface area contributed by atoms with Crippen LogP contribution in [-0.2, 0) is 4.74 Å². The molecule has 0 aliphatic rings. The van der Waals surface area contributed by atoms with Crippen LogP contribution in [0.2, 0.25) is 0 Å². The zero-order valence-corrected chi connectivity index (χ0v) is 11.5. The summed E-state index contributed by atoms with van der Waals surface area (Å²) < 4.78 is 7.55. The van der Waals surface area contributed by atoms with E-state index in [4.69, 9.17) is 10.5 Å². The van der Waals surface area contributed by atoms with Gasteiger partial charge in [-0.1, -0.05) is 6.07 Å². The third-order valence-corrected chi connectivity index (χ3v) is 4.27. The minimum atomic E-state index is -0.445. The third-order valence-electron chi connectivity index (χ3n) is 3.08. The third kappa shape index (κ3) is 1.57. The van der Waals surface area contributed by atoms with Crippen LogP contribution in [0, 0.1) is 11.3 Å². The van der Waals surface area contributed by atoms with E-state index in [-0.39, 0.29) is 0 Å². The molecule has 0 fully saturated rings. The maximum absolute atomic E-state index is 11.9. The Balaban J connectivity index is 2.39. The van der Waals surface area contributed by atoms with Gasteiger partial charge in [0.1, 0.15) is 10.9 Å². The number of carbonyl (C=O) groups is 1. The van der Waals surface area contributed by atoms with E-state index in [9.17, 15) is 10.1 Å². The lowest BCUT2D eigenvalue weighted by Gasteiger charge is -2.01. The van der Waals surface area contributed by atoms with Crippen LogP contribution in [0.25, 0.3) is 15.7 Å². The number of rotatable bonds is 2. The fourth-order valence-corrected chi connectivity index (χ4v) is 3.37. The highest BCUT2D eigenvalue weighted by Crippen LogP contribution is 2.39. The maximum Gasteiger partial charge on any atom is 0.350 e. The van der Waals surface area contributed by atoms with E-state index < -0.39 is 5.97 Å². The average Bonchev–Trinajstić information content (AvgIpc) is 2.94. The van der Waals surface area contributed by atoms with Gasteiger partial charge in [-0.3, -0.25) is 0 Å². The molecule has 0 spiro atoms. The molecule has 0 bridgehead atoms. The van der Waals surface area contributed by atoms with Gasteiger partial charge in [0.05, 0.1) is 33.6 Å². The first-order chi connectivity index (χ1) is 9.69. The van der Waals surface area contributed by atoms with Crippen molar-refractivity contribution in [3.8, 4) is 6.07 Å². The van der Waals surface area contributed by atoms with Gasteiger partial charge in [-0.05, 0) is 19.1 Å². The number of nitrogens with two attached hydrogens (primary N) is 1. The highest BCUT2D eigenvalue weighted by atomic mass is 32.1. The molecular formula is C14H11N3O2S. The number of ether oxygens (including phenoxy) is 1. The predicted octanol–water partition coefficient (Wildman–Crippen LogP) is 2.78. The minimum Gasteiger partial charge on any atom is -0.462 e. The summed E-state index contributed by atoms with van der Waals surface area (Å²) in [5, 5.41) is 9.35. The summed E-state index contributed by atoms with van der Waals surface area (Å²) in [5.74, 6) is -0.445. The lowest BCUT2D eigenvalue weighted by atomic mass is 10.3. The van der Waals surface area contributed by atoms with Gasteiger partial charge in [-0.25, -0.2) is 4.79 Å². The van der Waals surface area contributed by atoms with Gasteiger partial charge in [-0.15, -0.1) is 11.3 Å². The van der Waals surface area contributed by atoms with Crippen LogP contribution in [0.1, 0.15) is 22.2 Å². The number of pyridine rings is 1. The van der Waals surface area contributed by atoms with Crippen molar-refractivity contribution >= 4 is 38.7 Å². The van der Waals surface area contributed by atoms with Crippen LogP contribution in [0.4, 0.5) is 5.69 Å². The molecule has 0 atom stereocenters. The van der Waals surface area contributed by atoms with Crippen molar-refractivity contribution in [2.45, 2.75) is 6.92 Å². The van der Waals surface area contributed by atoms with Gasteiger partial charge in [0.2, 0.25) is 0 Å². The molecular weight excluding hydrogens is 274 g/mol. The monoisotopic (exact) mass is 285 g/mol. The molecule has 0 aliphatic carbocycles. The Bertz CT molecular complexity index is 870. The van der Waals surface area contributed by atoms with Crippen molar-refractivity contribution in [2.75, 3.05) is 12.3 Å². The zero-order chi connectivity index (χ0) is 14.3. The predicted molar refractivity (Wildman–Crippen MR) is 77.9 cm³/mol. The molecule has 3 aromatic rings. The van der Waals surface area contributed by atoms with Crippen LogP contribution in [0.15, 0.2) is 24.4 Å². The number of fused-ring (bicyclic) bond motifs is 3. The molecule has 100 valence electrons. The molecule has 5 nitrogen and oxygen atoms in total. The molecule has 0 saturated heterocycles. The summed E-state index contributed by atoms with van der Waals surface area (Å²) in [6.45, 7) is 2.03. The highest BCUT2D eigenvalue weighted by Gasteiger charge is 2.23. The van der Waals surface area contributed by atoms with E-state index in [2.05, 4.69) is 6.07 Å². The number of esters is 1. The number of aromatic nitrogens is 1. The number of hydrogen-bond acceptors (Lipinski definition) is 5. The first-order valence-corrected chi connectivity index (χ1v) is 6.89. The number of carbonyl (C=O) groups excluding carboxylic acids is 1. The fraction of sp³-hybridized carbons (Fsp3) is 0.143. The number of thiophene rings is 1. The lowest BCUT2D eigenvalue weighted by Crippen LogP contribution is -2.05. The van der Waals surface area contributed by atoms with Crippen molar-refractivity contribution in [1.29, 1.82) is 5.26 Å². The Morgan fingerprint density at radius 2 is 2.35 bits per heavy atom. The molecule has 3 heterocycles. The summed E-state index contributed by atoms with van der Waals surface area (Å²) in [7, 11) is 0. The Hall–Kier alpha value is -2.52. The lowest BCUT2D eigenvalue weighted by molar-refractivity contribution is 0.0533. The minimum absolute atomic E-state index is 0.291. The first kappa shape index (κ1) is 12.5. The average molecular weight is 285 g/mol. The van der Waals surface area contributed by atoms with Gasteiger partial charge >= 0.3 is 5.97 Å². The van der Waals surface area contributed by atoms with Crippen molar-refractivity contribution in [2.24, 2.45) is 0 Å². The number of hydrogen-bond donors (Lipinski definition) is 1. The van der Waals surface area contributed by atoms with Gasteiger partial charge in [0.25, 0.3) is 0 Å². The van der Waals surface area contributed by atoms with Crippen molar-refractivity contribution in [3.05, 3.63) is 34.8 Å². The van der Waals surface area contributed by atoms with E-state index >= 15 is 0 Å². The molecule has 20 heavy (non-hydrogen) atoms. The smallest absolute Gasteiger partial charge is 0.350 e. The molecule has 2 N–H and O–H groups in total. The van der Waals surface area contributed by atoms with Crippen LogP contribution >= 0.6 is 11.3 Å². The fourth-order valence-electron chi connectivity index (χ4n) is 2.26. The molecule has 0 radical (unpaired) electrons. The van der Waals surface area contributed by atoms with Crippen molar-refractivity contribution in [3.63, 3.8) is 0 Å². The first-order valence-electron chi connectivity index (χ1n) is 6.07. The maximum atomic E-state index is 11.9. The largest absolute Gasteiger partial charge is 0.462 e. The molecule has 0 aromatic carbocycles. The van der Waals surface area contributed by atoms with E-state index in [1.165, 1.54) is 11.3 Å². The normalized spacial score (nSPS) is 10.8. The number of nitriles is 1. The van der Waals surface area contributed by atoms with Gasteiger partial charge < -0.3 is 14.9 Å². The summed E-state index contributed by atoms with van der Waals surface area (Å²) in [6.07, 6.45) is 1.83. The standard InChI is InChI=1S/C14H11N3O2S/c1-2-19-14(18)13-10(16)11-12(20-13)8(7-15)9-5-3-4-6-17(9)11/h3-6H,2,16H2,1H3. The second-order valence-electron chi connectivity index (χ2n) is 4.19. The Labute approximate surface area is 118 Å². The number of nitrogens with zero attached hydrogens (tertiary/aromatic N) is 2. The quantitative estimate of drug-likeness (QED) is 0.734. The zero-order valence-electron chi connectivity index (χ0n) is 10.7. The van der Waals surface area contributed by atoms with Crippen LogP contribution in [0.3, 0.4) is 0 Å². The van der Waals surface area contributed by atoms with Gasteiger partial charge in [0, 0.05) is 6.20 Å². The SMILES string of the molecule is CCOC(=O)c1sc2c(C#N)c3ccccn3c2c1N. The van der Waals surface area contributed by atoms with E-state index in [0.717, 1.165) is 10.2 Å². The topological polar surface area (TPSA) is 80.5 Å². The van der Waals surface area contributed by atoms with Crippen molar-refractivity contribution in [1.82, 2.24) is 4.40 Å². The second-order valence-corrected chi connectivity index (χ2v) is 5.21. The summed E-state index contributed by atoms with van der Waals surface area (Å²) in [6, 6.07) is 7.76. The summed E-state index contributed by atoms with van der Waals surface area (Å²) in [5.41, 5.74) is 8.47. The summed E-state index contributed by atoms with van der Waals surface area (Å²) in [4.78, 5) is 12.2. The molecule has 0 amide bonds. The van der Waals surface area contributed by atoms with E-state index in [1.54, 1.807) is 6.92 Å². The van der Waals surface area contributed by atoms with Gasteiger partial charge in [0.15, 0.2) is 0 Å². The molecule has 3 aromatic heterocycles. The number of anilines is 1. The Morgan fingerprint density at radius 1 is 1.55 bits per heavy atom. The van der Waals surface area contributed by atoms with Crippen LogP contribution in [-0.4, -0.2) is 17.0 Å². The Morgan fingerprint density at radius 3 is 3.05 bits per heavy atom. The molecule has 0 aliphatic heterocycles. The van der Waals surface area contributed by atoms with Crippen LogP contribution in [0.5, 0.6) is 0 Å².